The van der Waals surface area contributed by atoms with Crippen molar-refractivity contribution in [2.75, 3.05) is 26.9 Å². The molecule has 1 aromatic carbocycles. The van der Waals surface area contributed by atoms with Crippen molar-refractivity contribution >= 4 is 21.8 Å². The topological polar surface area (TPSA) is 47.6 Å². The van der Waals surface area contributed by atoms with Gasteiger partial charge in [-0.1, -0.05) is 6.92 Å². The van der Waals surface area contributed by atoms with Crippen LogP contribution in [0, 0.1) is 5.41 Å². The fourth-order valence-electron chi connectivity index (χ4n) is 1.75. The van der Waals surface area contributed by atoms with Crippen LogP contribution in [0.2, 0.25) is 0 Å². The molecule has 4 nitrogen and oxygen atoms in total. The lowest BCUT2D eigenvalue weighted by molar-refractivity contribution is -0.0978. The van der Waals surface area contributed by atoms with E-state index in [9.17, 15) is 4.79 Å². The van der Waals surface area contributed by atoms with Crippen molar-refractivity contribution in [2.45, 2.75) is 6.92 Å². The lowest BCUT2D eigenvalue weighted by Crippen LogP contribution is -2.48. The number of halogens is 1. The Morgan fingerprint density at radius 1 is 1.56 bits per heavy atom. The first-order valence-corrected chi connectivity index (χ1v) is 6.53. The summed E-state index contributed by atoms with van der Waals surface area (Å²) in [4.78, 5) is 12.1. The summed E-state index contributed by atoms with van der Waals surface area (Å²) in [5.41, 5.74) is 0.652. The highest BCUT2D eigenvalue weighted by molar-refractivity contribution is 9.10. The Balaban J connectivity index is 2.03. The van der Waals surface area contributed by atoms with E-state index >= 15 is 0 Å². The van der Waals surface area contributed by atoms with Crippen LogP contribution >= 0.6 is 15.9 Å². The molecule has 1 aromatic rings. The largest absolute Gasteiger partial charge is 0.497 e. The molecule has 1 saturated heterocycles. The number of benzene rings is 1. The van der Waals surface area contributed by atoms with Crippen LogP contribution in [-0.2, 0) is 4.74 Å². The minimum Gasteiger partial charge on any atom is -0.497 e. The Kier molecular flexibility index (Phi) is 3.92. The molecule has 0 aromatic heterocycles. The van der Waals surface area contributed by atoms with Crippen LogP contribution < -0.4 is 10.1 Å². The summed E-state index contributed by atoms with van der Waals surface area (Å²) in [5, 5.41) is 2.93. The van der Waals surface area contributed by atoms with Crippen LogP contribution in [0.3, 0.4) is 0 Å². The van der Waals surface area contributed by atoms with Crippen LogP contribution in [0.5, 0.6) is 5.75 Å². The van der Waals surface area contributed by atoms with Crippen molar-refractivity contribution in [3.05, 3.63) is 28.2 Å². The predicted molar refractivity (Wildman–Crippen MR) is 72.0 cm³/mol. The summed E-state index contributed by atoms with van der Waals surface area (Å²) < 4.78 is 11.0. The van der Waals surface area contributed by atoms with Gasteiger partial charge in [0, 0.05) is 16.4 Å². The van der Waals surface area contributed by atoms with Gasteiger partial charge in [-0.3, -0.25) is 4.79 Å². The Morgan fingerprint density at radius 2 is 2.28 bits per heavy atom. The average Bonchev–Trinajstić information content (AvgIpc) is 2.34. The fraction of sp³-hybridized carbons (Fsp3) is 0.462. The predicted octanol–water partition coefficient (Wildman–Crippen LogP) is 2.22. The molecule has 5 heteroatoms. The molecule has 0 atom stereocenters. The lowest BCUT2D eigenvalue weighted by Gasteiger charge is -2.38. The first-order valence-electron chi connectivity index (χ1n) is 5.74. The van der Waals surface area contributed by atoms with Crippen LogP contribution in [0.4, 0.5) is 0 Å². The van der Waals surface area contributed by atoms with Crippen molar-refractivity contribution in [1.82, 2.24) is 5.32 Å². The number of hydrogen-bond donors (Lipinski definition) is 1. The van der Waals surface area contributed by atoms with E-state index in [0.717, 1.165) is 4.47 Å². The number of hydrogen-bond acceptors (Lipinski definition) is 3. The SMILES string of the molecule is COc1ccc(Br)c(C(=O)NCC2(C)COC2)c1. The van der Waals surface area contributed by atoms with Crippen molar-refractivity contribution in [2.24, 2.45) is 5.41 Å². The Bertz CT molecular complexity index is 458. The number of carbonyl (C=O) groups excluding carboxylic acids is 1. The van der Waals surface area contributed by atoms with Crippen LogP contribution in [-0.4, -0.2) is 32.8 Å². The lowest BCUT2D eigenvalue weighted by atomic mass is 9.88. The molecule has 0 spiro atoms. The summed E-state index contributed by atoms with van der Waals surface area (Å²) >= 11 is 3.37. The van der Waals surface area contributed by atoms with Gasteiger partial charge in [-0.15, -0.1) is 0 Å². The van der Waals surface area contributed by atoms with Crippen LogP contribution in [0.25, 0.3) is 0 Å². The normalized spacial score (nSPS) is 16.8. The van der Waals surface area contributed by atoms with Gasteiger partial charge in [0.05, 0.1) is 25.9 Å². The molecule has 0 saturated carbocycles. The van der Waals surface area contributed by atoms with Crippen molar-refractivity contribution in [1.29, 1.82) is 0 Å². The van der Waals surface area contributed by atoms with E-state index in [1.807, 2.05) is 12.1 Å². The summed E-state index contributed by atoms with van der Waals surface area (Å²) in [6.45, 7) is 4.12. The molecule has 0 radical (unpaired) electrons. The molecule has 1 heterocycles. The molecular weight excluding hydrogens is 298 g/mol. The molecule has 1 amide bonds. The molecule has 18 heavy (non-hydrogen) atoms. The quantitative estimate of drug-likeness (QED) is 0.927. The molecular formula is C13H16BrNO3. The van der Waals surface area contributed by atoms with E-state index in [0.29, 0.717) is 31.1 Å². The van der Waals surface area contributed by atoms with Crippen LogP contribution in [0.1, 0.15) is 17.3 Å². The van der Waals surface area contributed by atoms with E-state index in [-0.39, 0.29) is 11.3 Å². The zero-order valence-corrected chi connectivity index (χ0v) is 12.0. The van der Waals surface area contributed by atoms with E-state index in [4.69, 9.17) is 9.47 Å². The molecule has 1 N–H and O–H groups in total. The van der Waals surface area contributed by atoms with Gasteiger partial charge in [-0.25, -0.2) is 0 Å². The second-order valence-corrected chi connectivity index (χ2v) is 5.69. The Morgan fingerprint density at radius 3 is 2.83 bits per heavy atom. The third kappa shape index (κ3) is 2.84. The number of ether oxygens (including phenoxy) is 2. The second-order valence-electron chi connectivity index (χ2n) is 4.83. The van der Waals surface area contributed by atoms with Crippen molar-refractivity contribution in [3.8, 4) is 5.75 Å². The maximum absolute atomic E-state index is 12.1. The molecule has 0 aliphatic carbocycles. The highest BCUT2D eigenvalue weighted by Crippen LogP contribution is 2.26. The minimum absolute atomic E-state index is 0.0704. The fourth-order valence-corrected chi connectivity index (χ4v) is 2.17. The monoisotopic (exact) mass is 313 g/mol. The first kappa shape index (κ1) is 13.4. The highest BCUT2D eigenvalue weighted by Gasteiger charge is 2.33. The summed E-state index contributed by atoms with van der Waals surface area (Å²) in [6, 6.07) is 5.34. The number of rotatable bonds is 4. The standard InChI is InChI=1S/C13H16BrNO3/c1-13(7-18-8-13)6-15-12(16)10-5-9(17-2)3-4-11(10)14/h3-5H,6-8H2,1-2H3,(H,15,16). The second kappa shape index (κ2) is 5.28. The van der Waals surface area contributed by atoms with Gasteiger partial charge >= 0.3 is 0 Å². The van der Waals surface area contributed by atoms with E-state index < -0.39 is 0 Å². The van der Waals surface area contributed by atoms with Gasteiger partial charge < -0.3 is 14.8 Å². The zero-order valence-electron chi connectivity index (χ0n) is 10.5. The molecule has 0 bridgehead atoms. The van der Waals surface area contributed by atoms with Gasteiger partial charge in [-0.05, 0) is 34.1 Å². The minimum atomic E-state index is -0.103. The average molecular weight is 314 g/mol. The Hall–Kier alpha value is -1.07. The third-order valence-electron chi connectivity index (χ3n) is 2.99. The van der Waals surface area contributed by atoms with Gasteiger partial charge in [0.25, 0.3) is 5.91 Å². The number of amides is 1. The molecule has 2 rings (SSSR count). The van der Waals surface area contributed by atoms with E-state index in [1.165, 1.54) is 0 Å². The highest BCUT2D eigenvalue weighted by atomic mass is 79.9. The smallest absolute Gasteiger partial charge is 0.252 e. The number of carbonyl (C=O) groups is 1. The van der Waals surface area contributed by atoms with Gasteiger partial charge in [-0.2, -0.15) is 0 Å². The zero-order chi connectivity index (χ0) is 13.2. The summed E-state index contributed by atoms with van der Waals surface area (Å²) in [7, 11) is 1.58. The number of methoxy groups -OCH3 is 1. The van der Waals surface area contributed by atoms with Gasteiger partial charge in [0.1, 0.15) is 5.75 Å². The molecule has 1 aliphatic rings. The molecule has 1 fully saturated rings. The molecule has 0 unspecified atom stereocenters. The maximum Gasteiger partial charge on any atom is 0.252 e. The van der Waals surface area contributed by atoms with Crippen molar-refractivity contribution in [3.63, 3.8) is 0 Å². The van der Waals surface area contributed by atoms with Gasteiger partial charge in [0.15, 0.2) is 0 Å². The van der Waals surface area contributed by atoms with E-state index in [2.05, 4.69) is 28.2 Å². The summed E-state index contributed by atoms with van der Waals surface area (Å²) in [5.74, 6) is 0.565. The molecule has 98 valence electrons. The van der Waals surface area contributed by atoms with Gasteiger partial charge in [0.2, 0.25) is 0 Å². The number of nitrogens with one attached hydrogen (secondary N) is 1. The third-order valence-corrected chi connectivity index (χ3v) is 3.69. The van der Waals surface area contributed by atoms with E-state index in [1.54, 1.807) is 13.2 Å². The van der Waals surface area contributed by atoms with Crippen LogP contribution in [0.15, 0.2) is 22.7 Å². The first-order chi connectivity index (χ1) is 8.54. The maximum atomic E-state index is 12.1. The summed E-state index contributed by atoms with van der Waals surface area (Å²) in [6.07, 6.45) is 0. The molecule has 1 aliphatic heterocycles. The van der Waals surface area contributed by atoms with Crippen molar-refractivity contribution < 1.29 is 14.3 Å². The Labute approximate surface area is 115 Å².